The fourth-order valence-electron chi connectivity index (χ4n) is 1.47. The zero-order valence-corrected chi connectivity index (χ0v) is 10.2. The predicted octanol–water partition coefficient (Wildman–Crippen LogP) is 2.20. The van der Waals surface area contributed by atoms with Crippen LogP contribution in [-0.4, -0.2) is 16.6 Å². The van der Waals surface area contributed by atoms with Crippen molar-refractivity contribution in [2.45, 2.75) is 46.1 Å². The summed E-state index contributed by atoms with van der Waals surface area (Å²) >= 11 is 0. The highest BCUT2D eigenvalue weighted by molar-refractivity contribution is 5.12. The standard InChI is InChI=1S/C12H21N3O/c1-3-4-5-6-7-16-12-14-10(2)8-11(9-13)15-12/h8H,3-7,9,13H2,1-2H3. The molecule has 1 rings (SSSR count). The van der Waals surface area contributed by atoms with Crippen molar-refractivity contribution < 1.29 is 4.74 Å². The van der Waals surface area contributed by atoms with Gasteiger partial charge in [-0.1, -0.05) is 26.2 Å². The van der Waals surface area contributed by atoms with E-state index in [1.54, 1.807) is 0 Å². The van der Waals surface area contributed by atoms with E-state index in [0.29, 0.717) is 19.2 Å². The Morgan fingerprint density at radius 1 is 1.25 bits per heavy atom. The highest BCUT2D eigenvalue weighted by Gasteiger charge is 2.01. The van der Waals surface area contributed by atoms with Gasteiger partial charge in [-0.3, -0.25) is 0 Å². The Bertz CT molecular complexity index is 315. The summed E-state index contributed by atoms with van der Waals surface area (Å²) in [6.45, 7) is 5.23. The molecule has 0 bridgehead atoms. The number of unbranched alkanes of at least 4 members (excludes halogenated alkanes) is 3. The molecule has 0 aromatic carbocycles. The van der Waals surface area contributed by atoms with Gasteiger partial charge in [-0.05, 0) is 19.4 Å². The minimum atomic E-state index is 0.426. The third-order valence-electron chi connectivity index (χ3n) is 2.32. The molecule has 0 fully saturated rings. The van der Waals surface area contributed by atoms with Crippen molar-refractivity contribution >= 4 is 0 Å². The molecule has 0 amide bonds. The molecule has 1 aromatic heterocycles. The maximum absolute atomic E-state index is 5.54. The van der Waals surface area contributed by atoms with Crippen molar-refractivity contribution in [3.63, 3.8) is 0 Å². The summed E-state index contributed by atoms with van der Waals surface area (Å²) in [5, 5.41) is 0. The van der Waals surface area contributed by atoms with Gasteiger partial charge in [0.05, 0.1) is 12.3 Å². The quantitative estimate of drug-likeness (QED) is 0.720. The molecule has 0 aliphatic carbocycles. The van der Waals surface area contributed by atoms with Gasteiger partial charge in [-0.25, -0.2) is 4.98 Å². The second-order valence-electron chi connectivity index (χ2n) is 3.90. The van der Waals surface area contributed by atoms with E-state index in [1.165, 1.54) is 19.3 Å². The number of nitrogens with two attached hydrogens (primary N) is 1. The van der Waals surface area contributed by atoms with E-state index in [9.17, 15) is 0 Å². The van der Waals surface area contributed by atoms with E-state index < -0.39 is 0 Å². The molecular formula is C12H21N3O. The van der Waals surface area contributed by atoms with Crippen LogP contribution in [0.3, 0.4) is 0 Å². The van der Waals surface area contributed by atoms with Crippen LogP contribution >= 0.6 is 0 Å². The van der Waals surface area contributed by atoms with E-state index in [0.717, 1.165) is 17.8 Å². The molecule has 0 saturated heterocycles. The molecule has 90 valence electrons. The van der Waals surface area contributed by atoms with Gasteiger partial charge in [-0.15, -0.1) is 0 Å². The SMILES string of the molecule is CCCCCCOc1nc(C)cc(CN)n1. The monoisotopic (exact) mass is 223 g/mol. The summed E-state index contributed by atoms with van der Waals surface area (Å²) in [4.78, 5) is 8.42. The van der Waals surface area contributed by atoms with Gasteiger partial charge in [0.15, 0.2) is 0 Å². The van der Waals surface area contributed by atoms with Crippen molar-refractivity contribution in [3.05, 3.63) is 17.5 Å². The first-order valence-electron chi connectivity index (χ1n) is 5.93. The van der Waals surface area contributed by atoms with E-state index in [1.807, 2.05) is 13.0 Å². The van der Waals surface area contributed by atoms with Crippen LogP contribution in [0, 0.1) is 6.92 Å². The Morgan fingerprint density at radius 2 is 2.06 bits per heavy atom. The Labute approximate surface area is 97.2 Å². The molecule has 16 heavy (non-hydrogen) atoms. The van der Waals surface area contributed by atoms with Crippen LogP contribution in [0.15, 0.2) is 6.07 Å². The van der Waals surface area contributed by atoms with Gasteiger partial charge in [0.1, 0.15) is 0 Å². The highest BCUT2D eigenvalue weighted by atomic mass is 16.5. The van der Waals surface area contributed by atoms with Crippen molar-refractivity contribution in [2.75, 3.05) is 6.61 Å². The summed E-state index contributed by atoms with van der Waals surface area (Å²) in [5.74, 6) is 0. The van der Waals surface area contributed by atoms with Gasteiger partial charge < -0.3 is 10.5 Å². The second-order valence-corrected chi connectivity index (χ2v) is 3.90. The average molecular weight is 223 g/mol. The van der Waals surface area contributed by atoms with Crippen molar-refractivity contribution in [3.8, 4) is 6.01 Å². The molecule has 0 atom stereocenters. The number of nitrogens with zero attached hydrogens (tertiary/aromatic N) is 2. The predicted molar refractivity (Wildman–Crippen MR) is 64.3 cm³/mol. The smallest absolute Gasteiger partial charge is 0.316 e. The molecule has 1 heterocycles. The Morgan fingerprint density at radius 3 is 2.75 bits per heavy atom. The van der Waals surface area contributed by atoms with E-state index >= 15 is 0 Å². The highest BCUT2D eigenvalue weighted by Crippen LogP contribution is 2.07. The molecule has 0 saturated carbocycles. The molecule has 0 radical (unpaired) electrons. The summed E-state index contributed by atoms with van der Waals surface area (Å²) in [6, 6.07) is 2.33. The second kappa shape index (κ2) is 7.17. The fourth-order valence-corrected chi connectivity index (χ4v) is 1.47. The maximum Gasteiger partial charge on any atom is 0.316 e. The first-order chi connectivity index (χ1) is 7.76. The Kier molecular flexibility index (Phi) is 5.78. The van der Waals surface area contributed by atoms with Crippen molar-refractivity contribution in [1.82, 2.24) is 9.97 Å². The third kappa shape index (κ3) is 4.57. The molecule has 1 aromatic rings. The number of rotatable bonds is 7. The van der Waals surface area contributed by atoms with Gasteiger partial charge >= 0.3 is 6.01 Å². The molecule has 0 aliphatic rings. The lowest BCUT2D eigenvalue weighted by atomic mass is 10.2. The topological polar surface area (TPSA) is 61.0 Å². The zero-order valence-electron chi connectivity index (χ0n) is 10.2. The summed E-state index contributed by atoms with van der Waals surface area (Å²) in [7, 11) is 0. The first-order valence-corrected chi connectivity index (χ1v) is 5.93. The van der Waals surface area contributed by atoms with Crippen molar-refractivity contribution in [2.24, 2.45) is 5.73 Å². The van der Waals surface area contributed by atoms with E-state index in [2.05, 4.69) is 16.9 Å². The molecule has 0 spiro atoms. The Balaban J connectivity index is 2.38. The summed E-state index contributed by atoms with van der Waals surface area (Å²) < 4.78 is 5.50. The number of aryl methyl sites for hydroxylation is 1. The van der Waals surface area contributed by atoms with E-state index in [-0.39, 0.29) is 0 Å². The molecular weight excluding hydrogens is 202 g/mol. The third-order valence-corrected chi connectivity index (χ3v) is 2.32. The van der Waals surface area contributed by atoms with Crippen LogP contribution in [0.2, 0.25) is 0 Å². The molecule has 0 aliphatic heterocycles. The van der Waals surface area contributed by atoms with Crippen LogP contribution in [0.5, 0.6) is 6.01 Å². The normalized spacial score (nSPS) is 10.4. The summed E-state index contributed by atoms with van der Waals surface area (Å²) in [5.41, 5.74) is 7.27. The summed E-state index contributed by atoms with van der Waals surface area (Å²) in [6.07, 6.45) is 4.75. The number of aromatic nitrogens is 2. The van der Waals surface area contributed by atoms with Crippen LogP contribution < -0.4 is 10.5 Å². The molecule has 0 unspecified atom stereocenters. The van der Waals surface area contributed by atoms with Gasteiger partial charge in [0, 0.05) is 12.2 Å². The van der Waals surface area contributed by atoms with Crippen LogP contribution in [-0.2, 0) is 6.54 Å². The molecule has 4 heteroatoms. The lowest BCUT2D eigenvalue weighted by Crippen LogP contribution is -2.06. The lowest BCUT2D eigenvalue weighted by molar-refractivity contribution is 0.280. The number of ether oxygens (including phenoxy) is 1. The fraction of sp³-hybridized carbons (Fsp3) is 0.667. The van der Waals surface area contributed by atoms with Crippen LogP contribution in [0.25, 0.3) is 0 Å². The maximum atomic E-state index is 5.54. The zero-order chi connectivity index (χ0) is 11.8. The lowest BCUT2D eigenvalue weighted by Gasteiger charge is -2.06. The average Bonchev–Trinajstić information content (AvgIpc) is 2.28. The van der Waals surface area contributed by atoms with Crippen LogP contribution in [0.1, 0.15) is 44.0 Å². The molecule has 4 nitrogen and oxygen atoms in total. The largest absolute Gasteiger partial charge is 0.463 e. The number of hydrogen-bond donors (Lipinski definition) is 1. The van der Waals surface area contributed by atoms with Gasteiger partial charge in [-0.2, -0.15) is 4.98 Å². The van der Waals surface area contributed by atoms with Crippen LogP contribution in [0.4, 0.5) is 0 Å². The van der Waals surface area contributed by atoms with E-state index in [4.69, 9.17) is 10.5 Å². The minimum Gasteiger partial charge on any atom is -0.463 e. The van der Waals surface area contributed by atoms with Crippen molar-refractivity contribution in [1.29, 1.82) is 0 Å². The molecule has 2 N–H and O–H groups in total. The van der Waals surface area contributed by atoms with Gasteiger partial charge in [0.25, 0.3) is 0 Å². The number of hydrogen-bond acceptors (Lipinski definition) is 4. The van der Waals surface area contributed by atoms with Gasteiger partial charge in [0.2, 0.25) is 0 Å². The Hall–Kier alpha value is -1.16. The minimum absolute atomic E-state index is 0.426. The first kappa shape index (κ1) is 12.9.